The van der Waals surface area contributed by atoms with Crippen molar-refractivity contribution < 1.29 is 5.11 Å². The van der Waals surface area contributed by atoms with Crippen molar-refractivity contribution in [2.24, 2.45) is 5.92 Å². The van der Waals surface area contributed by atoms with E-state index in [1.54, 1.807) is 0 Å². The molecule has 2 N–H and O–H groups in total. The molecule has 0 spiro atoms. The first-order valence-electron chi connectivity index (χ1n) is 6.86. The van der Waals surface area contributed by atoms with Crippen molar-refractivity contribution in [1.82, 2.24) is 5.32 Å². The van der Waals surface area contributed by atoms with Crippen LogP contribution in [0.25, 0.3) is 0 Å². The summed E-state index contributed by atoms with van der Waals surface area (Å²) in [5.74, 6) is 1.20. The molecular weight excluding hydrogens is 210 g/mol. The van der Waals surface area contributed by atoms with E-state index in [1.165, 1.54) is 36.8 Å². The molecule has 1 aromatic rings. The molecule has 0 bridgehead atoms. The summed E-state index contributed by atoms with van der Waals surface area (Å²) in [6.45, 7) is 1.12. The van der Waals surface area contributed by atoms with Gasteiger partial charge in [-0.2, -0.15) is 0 Å². The molecule has 1 unspecified atom stereocenters. The van der Waals surface area contributed by atoms with Crippen LogP contribution < -0.4 is 5.32 Å². The van der Waals surface area contributed by atoms with Crippen molar-refractivity contribution in [1.29, 1.82) is 0 Å². The summed E-state index contributed by atoms with van der Waals surface area (Å²) >= 11 is 0. The van der Waals surface area contributed by atoms with Crippen molar-refractivity contribution >= 4 is 0 Å². The minimum atomic E-state index is 0.496. The fourth-order valence-corrected chi connectivity index (χ4v) is 2.96. The highest BCUT2D eigenvalue weighted by Gasteiger charge is 2.23. The molecule has 2 nitrogen and oxygen atoms in total. The summed E-state index contributed by atoms with van der Waals surface area (Å²) in [4.78, 5) is 0. The quantitative estimate of drug-likeness (QED) is 0.838. The van der Waals surface area contributed by atoms with Crippen LogP contribution in [-0.2, 0) is 12.8 Å². The van der Waals surface area contributed by atoms with Gasteiger partial charge in [0.15, 0.2) is 0 Å². The minimum Gasteiger partial charge on any atom is -0.508 e. The van der Waals surface area contributed by atoms with Gasteiger partial charge in [0.1, 0.15) is 5.75 Å². The molecule has 1 atom stereocenters. The third-order valence-corrected chi connectivity index (χ3v) is 4.36. The van der Waals surface area contributed by atoms with Gasteiger partial charge in [-0.05, 0) is 61.8 Å². The topological polar surface area (TPSA) is 32.3 Å². The Morgan fingerprint density at radius 2 is 2.12 bits per heavy atom. The SMILES string of the molecule is Oc1cccc2c1CC(CNC1CCC1)CC2. The van der Waals surface area contributed by atoms with Crippen LogP contribution in [-0.4, -0.2) is 17.7 Å². The average Bonchev–Trinajstić information content (AvgIpc) is 2.28. The van der Waals surface area contributed by atoms with Gasteiger partial charge in [0.05, 0.1) is 0 Å². The first kappa shape index (κ1) is 11.1. The summed E-state index contributed by atoms with van der Waals surface area (Å²) in [5, 5.41) is 13.5. The highest BCUT2D eigenvalue weighted by atomic mass is 16.3. The zero-order valence-corrected chi connectivity index (χ0v) is 10.3. The number of hydrogen-bond acceptors (Lipinski definition) is 2. The van der Waals surface area contributed by atoms with E-state index in [0.717, 1.165) is 25.4 Å². The molecule has 3 rings (SSSR count). The molecule has 2 aliphatic carbocycles. The Bertz CT molecular complexity index is 398. The number of fused-ring (bicyclic) bond motifs is 1. The van der Waals surface area contributed by atoms with Crippen molar-refractivity contribution in [3.05, 3.63) is 29.3 Å². The lowest BCUT2D eigenvalue weighted by atomic mass is 9.83. The summed E-state index contributed by atoms with van der Waals surface area (Å²) in [5.41, 5.74) is 2.55. The molecule has 1 saturated carbocycles. The normalized spacial score (nSPS) is 24.1. The Kier molecular flexibility index (Phi) is 3.06. The Morgan fingerprint density at radius 1 is 1.24 bits per heavy atom. The summed E-state index contributed by atoms with van der Waals surface area (Å²) in [6, 6.07) is 6.72. The zero-order chi connectivity index (χ0) is 11.7. The fourth-order valence-electron chi connectivity index (χ4n) is 2.96. The Hall–Kier alpha value is -1.02. The number of phenolic OH excluding ortho intramolecular Hbond substituents is 1. The van der Waals surface area contributed by atoms with Crippen molar-refractivity contribution in [2.75, 3.05) is 6.54 Å². The lowest BCUT2D eigenvalue weighted by molar-refractivity contribution is 0.304. The van der Waals surface area contributed by atoms with E-state index in [2.05, 4.69) is 11.4 Å². The van der Waals surface area contributed by atoms with Gasteiger partial charge in [-0.25, -0.2) is 0 Å². The number of phenols is 1. The highest BCUT2D eigenvalue weighted by Crippen LogP contribution is 2.31. The number of nitrogens with one attached hydrogen (secondary N) is 1. The van der Waals surface area contributed by atoms with Crippen LogP contribution in [0.3, 0.4) is 0 Å². The number of benzene rings is 1. The van der Waals surface area contributed by atoms with Gasteiger partial charge in [-0.3, -0.25) is 0 Å². The molecule has 2 heteroatoms. The number of hydrogen-bond donors (Lipinski definition) is 2. The molecule has 0 aromatic heterocycles. The lowest BCUT2D eigenvalue weighted by Crippen LogP contribution is -2.39. The van der Waals surface area contributed by atoms with E-state index in [1.807, 2.05) is 12.1 Å². The number of aryl methyl sites for hydroxylation is 1. The smallest absolute Gasteiger partial charge is 0.119 e. The van der Waals surface area contributed by atoms with Crippen molar-refractivity contribution in [2.45, 2.75) is 44.6 Å². The van der Waals surface area contributed by atoms with E-state index < -0.39 is 0 Å². The van der Waals surface area contributed by atoms with Crippen LogP contribution in [0, 0.1) is 5.92 Å². The van der Waals surface area contributed by atoms with Crippen LogP contribution >= 0.6 is 0 Å². The van der Waals surface area contributed by atoms with E-state index >= 15 is 0 Å². The maximum Gasteiger partial charge on any atom is 0.119 e. The van der Waals surface area contributed by atoms with Gasteiger partial charge in [-0.15, -0.1) is 0 Å². The molecule has 0 saturated heterocycles. The predicted octanol–water partition coefficient (Wildman–Crippen LogP) is 2.64. The molecule has 1 fully saturated rings. The van der Waals surface area contributed by atoms with Gasteiger partial charge in [-0.1, -0.05) is 18.6 Å². The Morgan fingerprint density at radius 3 is 2.88 bits per heavy atom. The lowest BCUT2D eigenvalue weighted by Gasteiger charge is -2.31. The van der Waals surface area contributed by atoms with Crippen LogP contribution in [0.2, 0.25) is 0 Å². The maximum atomic E-state index is 9.89. The molecule has 0 aliphatic heterocycles. The molecule has 17 heavy (non-hydrogen) atoms. The van der Waals surface area contributed by atoms with Crippen LogP contribution in [0.15, 0.2) is 18.2 Å². The van der Waals surface area contributed by atoms with Gasteiger partial charge in [0.25, 0.3) is 0 Å². The molecule has 0 amide bonds. The predicted molar refractivity (Wildman–Crippen MR) is 69.3 cm³/mol. The third-order valence-electron chi connectivity index (χ3n) is 4.36. The summed E-state index contributed by atoms with van der Waals surface area (Å²) in [6.07, 6.45) is 7.54. The Labute approximate surface area is 103 Å². The first-order valence-corrected chi connectivity index (χ1v) is 6.86. The molecule has 1 aromatic carbocycles. The first-order chi connectivity index (χ1) is 8.33. The van der Waals surface area contributed by atoms with E-state index in [4.69, 9.17) is 0 Å². The second-order valence-electron chi connectivity index (χ2n) is 5.56. The van der Waals surface area contributed by atoms with Crippen LogP contribution in [0.4, 0.5) is 0 Å². The monoisotopic (exact) mass is 231 g/mol. The zero-order valence-electron chi connectivity index (χ0n) is 10.3. The second kappa shape index (κ2) is 4.69. The largest absolute Gasteiger partial charge is 0.508 e. The minimum absolute atomic E-state index is 0.496. The van der Waals surface area contributed by atoms with E-state index in [0.29, 0.717) is 11.7 Å². The number of aromatic hydroxyl groups is 1. The molecular formula is C15H21NO. The molecule has 2 aliphatic rings. The van der Waals surface area contributed by atoms with Crippen molar-refractivity contribution in [3.8, 4) is 5.75 Å². The van der Waals surface area contributed by atoms with Gasteiger partial charge >= 0.3 is 0 Å². The standard InChI is InChI=1S/C15H21NO/c17-15-6-1-3-12-8-7-11(9-14(12)15)10-16-13-4-2-5-13/h1,3,6,11,13,16-17H,2,4-5,7-10H2. The van der Waals surface area contributed by atoms with Gasteiger partial charge in [0, 0.05) is 6.04 Å². The van der Waals surface area contributed by atoms with Gasteiger partial charge in [0.2, 0.25) is 0 Å². The Balaban J connectivity index is 1.61. The average molecular weight is 231 g/mol. The van der Waals surface area contributed by atoms with E-state index in [-0.39, 0.29) is 0 Å². The molecule has 0 radical (unpaired) electrons. The van der Waals surface area contributed by atoms with Gasteiger partial charge < -0.3 is 10.4 Å². The fraction of sp³-hybridized carbons (Fsp3) is 0.600. The third kappa shape index (κ3) is 2.32. The summed E-state index contributed by atoms with van der Waals surface area (Å²) < 4.78 is 0. The summed E-state index contributed by atoms with van der Waals surface area (Å²) in [7, 11) is 0. The van der Waals surface area contributed by atoms with Crippen LogP contribution in [0.1, 0.15) is 36.8 Å². The maximum absolute atomic E-state index is 9.89. The molecule has 92 valence electrons. The van der Waals surface area contributed by atoms with Crippen molar-refractivity contribution in [3.63, 3.8) is 0 Å². The number of rotatable bonds is 3. The highest BCUT2D eigenvalue weighted by molar-refractivity contribution is 5.41. The van der Waals surface area contributed by atoms with Crippen LogP contribution in [0.5, 0.6) is 5.75 Å². The van der Waals surface area contributed by atoms with E-state index in [9.17, 15) is 5.11 Å². The second-order valence-corrected chi connectivity index (χ2v) is 5.56. The molecule has 0 heterocycles.